The molecule has 0 spiro atoms. The zero-order valence-corrected chi connectivity index (χ0v) is 17.2. The molecule has 3 rings (SSSR count). The molecule has 0 aliphatic carbocycles. The summed E-state index contributed by atoms with van der Waals surface area (Å²) < 4.78 is 10.2. The number of carbonyl (C=O) groups excluding carboxylic acids is 3. The highest BCUT2D eigenvalue weighted by Crippen LogP contribution is 2.29. The summed E-state index contributed by atoms with van der Waals surface area (Å²) in [6, 6.07) is 8.61. The van der Waals surface area contributed by atoms with Gasteiger partial charge in [0.1, 0.15) is 10.8 Å². The first-order chi connectivity index (χ1) is 14.0. The Hall–Kier alpha value is -3.24. The Labute approximate surface area is 174 Å². The molecule has 0 saturated heterocycles. The summed E-state index contributed by atoms with van der Waals surface area (Å²) >= 11 is 2.85. The van der Waals surface area contributed by atoms with Gasteiger partial charge < -0.3 is 20.1 Å². The van der Waals surface area contributed by atoms with E-state index in [-0.39, 0.29) is 11.6 Å². The molecule has 29 heavy (non-hydrogen) atoms. The number of anilines is 2. The van der Waals surface area contributed by atoms with Gasteiger partial charge in [-0.1, -0.05) is 6.07 Å². The monoisotopic (exact) mass is 431 g/mol. The van der Waals surface area contributed by atoms with E-state index in [0.29, 0.717) is 17.1 Å². The minimum atomic E-state index is -0.682. The van der Waals surface area contributed by atoms with Gasteiger partial charge in [-0.3, -0.25) is 9.59 Å². The Morgan fingerprint density at radius 1 is 1.14 bits per heavy atom. The molecule has 0 saturated carbocycles. The van der Waals surface area contributed by atoms with Crippen molar-refractivity contribution in [2.75, 3.05) is 24.4 Å². The summed E-state index contributed by atoms with van der Waals surface area (Å²) in [7, 11) is 1.45. The van der Waals surface area contributed by atoms with Crippen molar-refractivity contribution in [2.45, 2.75) is 6.92 Å². The molecular weight excluding hydrogens is 414 g/mol. The highest BCUT2D eigenvalue weighted by atomic mass is 32.1. The van der Waals surface area contributed by atoms with E-state index in [0.717, 1.165) is 9.88 Å². The number of rotatable bonds is 7. The molecule has 0 radical (unpaired) electrons. The Morgan fingerprint density at radius 3 is 2.66 bits per heavy atom. The number of carbonyl (C=O) groups is 3. The topological polar surface area (TPSA) is 107 Å². The van der Waals surface area contributed by atoms with Crippen LogP contribution in [0.1, 0.15) is 17.4 Å². The van der Waals surface area contributed by atoms with Crippen LogP contribution in [0.4, 0.5) is 11.4 Å². The number of thiophene rings is 1. The fraction of sp³-hybridized carbons (Fsp3) is 0.158. The van der Waals surface area contributed by atoms with Gasteiger partial charge in [0.15, 0.2) is 12.3 Å². The molecule has 2 aromatic heterocycles. The molecule has 0 atom stereocenters. The van der Waals surface area contributed by atoms with E-state index in [9.17, 15) is 14.4 Å². The van der Waals surface area contributed by atoms with Crippen LogP contribution in [0.25, 0.3) is 9.88 Å². The first kappa shape index (κ1) is 20.5. The molecule has 0 unspecified atom stereocenters. The smallest absolute Gasteiger partial charge is 0.358 e. The molecule has 150 valence electrons. The second-order valence-corrected chi connectivity index (χ2v) is 7.54. The summed E-state index contributed by atoms with van der Waals surface area (Å²) in [6.45, 7) is 0.891. The molecule has 0 aliphatic heterocycles. The maximum atomic E-state index is 12.2. The molecule has 3 aromatic rings. The number of aromatic nitrogens is 1. The fourth-order valence-corrected chi connectivity index (χ4v) is 3.96. The van der Waals surface area contributed by atoms with Crippen molar-refractivity contribution in [2.24, 2.45) is 0 Å². The standard InChI is InChI=1S/C19H17N3O5S2/c1-11(23)20-12-5-6-15(26-2)13(8-12)21-17(24)9-27-19(25)14-10-29-18(22-14)16-4-3-7-28-16/h3-8,10H,9H2,1-2H3,(H,20,23)(H,21,24). The molecular formula is C19H17N3O5S2. The zero-order chi connectivity index (χ0) is 20.8. The van der Waals surface area contributed by atoms with E-state index >= 15 is 0 Å². The molecule has 2 heterocycles. The Morgan fingerprint density at radius 2 is 1.97 bits per heavy atom. The summed E-state index contributed by atoms with van der Waals surface area (Å²) in [5.41, 5.74) is 0.985. The summed E-state index contributed by atoms with van der Waals surface area (Å²) in [6.07, 6.45) is 0. The maximum Gasteiger partial charge on any atom is 0.358 e. The number of thiazole rings is 1. The minimum Gasteiger partial charge on any atom is -0.495 e. The van der Waals surface area contributed by atoms with E-state index in [1.165, 1.54) is 36.7 Å². The second kappa shape index (κ2) is 9.30. The highest BCUT2D eigenvalue weighted by Gasteiger charge is 2.16. The average molecular weight is 431 g/mol. The quantitative estimate of drug-likeness (QED) is 0.553. The third kappa shape index (κ3) is 5.39. The van der Waals surface area contributed by atoms with Crippen LogP contribution in [0.3, 0.4) is 0 Å². The Kier molecular flexibility index (Phi) is 6.57. The van der Waals surface area contributed by atoms with Gasteiger partial charge in [-0.15, -0.1) is 22.7 Å². The average Bonchev–Trinajstić information content (AvgIpc) is 3.37. The number of nitrogens with zero attached hydrogens (tertiary/aromatic N) is 1. The number of ether oxygens (including phenoxy) is 2. The summed E-state index contributed by atoms with van der Waals surface area (Å²) in [5.74, 6) is -1.08. The van der Waals surface area contributed by atoms with Crippen molar-refractivity contribution in [3.63, 3.8) is 0 Å². The van der Waals surface area contributed by atoms with E-state index < -0.39 is 18.5 Å². The van der Waals surface area contributed by atoms with Gasteiger partial charge in [-0.25, -0.2) is 9.78 Å². The lowest BCUT2D eigenvalue weighted by molar-refractivity contribution is -0.119. The van der Waals surface area contributed by atoms with Gasteiger partial charge in [0.25, 0.3) is 5.91 Å². The number of nitrogens with one attached hydrogen (secondary N) is 2. The molecule has 0 bridgehead atoms. The van der Waals surface area contributed by atoms with Gasteiger partial charge >= 0.3 is 5.97 Å². The van der Waals surface area contributed by atoms with E-state index in [2.05, 4.69) is 15.6 Å². The third-order valence-electron chi connectivity index (χ3n) is 3.57. The van der Waals surface area contributed by atoms with Crippen LogP contribution in [0.5, 0.6) is 5.75 Å². The first-order valence-electron chi connectivity index (χ1n) is 8.38. The molecule has 10 heteroatoms. The lowest BCUT2D eigenvalue weighted by atomic mass is 10.2. The summed E-state index contributed by atoms with van der Waals surface area (Å²) in [4.78, 5) is 40.7. The third-order valence-corrected chi connectivity index (χ3v) is 5.45. The van der Waals surface area contributed by atoms with Gasteiger partial charge in [0.05, 0.1) is 17.7 Å². The molecule has 2 N–H and O–H groups in total. The van der Waals surface area contributed by atoms with Gasteiger partial charge in [-0.05, 0) is 29.6 Å². The Balaban J connectivity index is 1.59. The van der Waals surface area contributed by atoms with Crippen molar-refractivity contribution < 1.29 is 23.9 Å². The van der Waals surface area contributed by atoms with Crippen molar-refractivity contribution >= 4 is 51.8 Å². The number of benzene rings is 1. The first-order valence-corrected chi connectivity index (χ1v) is 10.1. The Bertz CT molecular complexity index is 1030. The number of amides is 2. The lowest BCUT2D eigenvalue weighted by Gasteiger charge is -2.12. The van der Waals surface area contributed by atoms with Crippen LogP contribution in [-0.2, 0) is 14.3 Å². The zero-order valence-electron chi connectivity index (χ0n) is 15.6. The summed E-state index contributed by atoms with van der Waals surface area (Å²) in [5, 5.41) is 9.45. The maximum absolute atomic E-state index is 12.2. The lowest BCUT2D eigenvalue weighted by Crippen LogP contribution is -2.21. The van der Waals surface area contributed by atoms with Crippen molar-refractivity contribution in [1.82, 2.24) is 4.98 Å². The van der Waals surface area contributed by atoms with Crippen molar-refractivity contribution in [1.29, 1.82) is 0 Å². The van der Waals surface area contributed by atoms with E-state index in [4.69, 9.17) is 9.47 Å². The van der Waals surface area contributed by atoms with E-state index in [1.54, 1.807) is 23.6 Å². The van der Waals surface area contributed by atoms with Crippen LogP contribution < -0.4 is 15.4 Å². The number of hydrogen-bond donors (Lipinski definition) is 2. The van der Waals surface area contributed by atoms with Crippen LogP contribution in [0, 0.1) is 0 Å². The van der Waals surface area contributed by atoms with Crippen LogP contribution in [0.2, 0.25) is 0 Å². The highest BCUT2D eigenvalue weighted by molar-refractivity contribution is 7.20. The number of hydrogen-bond acceptors (Lipinski definition) is 8. The molecule has 0 fully saturated rings. The largest absolute Gasteiger partial charge is 0.495 e. The van der Waals surface area contributed by atoms with Gasteiger partial charge in [0.2, 0.25) is 5.91 Å². The molecule has 0 aliphatic rings. The van der Waals surface area contributed by atoms with Crippen LogP contribution in [-0.4, -0.2) is 36.5 Å². The van der Waals surface area contributed by atoms with Gasteiger partial charge in [-0.2, -0.15) is 0 Å². The number of esters is 1. The van der Waals surface area contributed by atoms with Crippen LogP contribution in [0.15, 0.2) is 41.1 Å². The van der Waals surface area contributed by atoms with Crippen LogP contribution >= 0.6 is 22.7 Å². The molecule has 2 amide bonds. The SMILES string of the molecule is COc1ccc(NC(C)=O)cc1NC(=O)COC(=O)c1csc(-c2cccs2)n1. The second-order valence-electron chi connectivity index (χ2n) is 5.74. The van der Waals surface area contributed by atoms with Gasteiger partial charge in [0, 0.05) is 18.0 Å². The van der Waals surface area contributed by atoms with E-state index in [1.807, 2.05) is 17.5 Å². The molecule has 1 aromatic carbocycles. The number of methoxy groups -OCH3 is 1. The van der Waals surface area contributed by atoms with Crippen molar-refractivity contribution in [3.05, 3.63) is 46.8 Å². The predicted octanol–water partition coefficient (Wildman–Crippen LogP) is 3.63. The fourth-order valence-electron chi connectivity index (χ4n) is 2.36. The van der Waals surface area contributed by atoms with Crippen molar-refractivity contribution in [3.8, 4) is 15.6 Å². The molecule has 8 nitrogen and oxygen atoms in total. The normalized spacial score (nSPS) is 10.3. The predicted molar refractivity (Wildman–Crippen MR) is 112 cm³/mol. The minimum absolute atomic E-state index is 0.149.